The van der Waals surface area contributed by atoms with E-state index >= 15 is 0 Å². The Morgan fingerprint density at radius 3 is 2.42 bits per heavy atom. The van der Waals surface area contributed by atoms with Gasteiger partial charge in [0.2, 0.25) is 0 Å². The first-order chi connectivity index (χ1) is 9.00. The number of hydrogen-bond acceptors (Lipinski definition) is 4. The third-order valence-corrected chi connectivity index (χ3v) is 3.54. The highest BCUT2D eigenvalue weighted by molar-refractivity contribution is 6.01. The second kappa shape index (κ2) is 5.34. The quantitative estimate of drug-likeness (QED) is 0.472. The van der Waals surface area contributed by atoms with Crippen LogP contribution in [0.25, 0.3) is 0 Å². The lowest BCUT2D eigenvalue weighted by Gasteiger charge is -2.15. The van der Waals surface area contributed by atoms with Gasteiger partial charge >= 0.3 is 5.97 Å². The molecule has 4 heteroatoms. The first-order valence-electron chi connectivity index (χ1n) is 6.30. The number of carbonyl (C=O) groups excluding carboxylic acids is 3. The van der Waals surface area contributed by atoms with Crippen LogP contribution in [0, 0.1) is 11.8 Å². The molecule has 1 heterocycles. The summed E-state index contributed by atoms with van der Waals surface area (Å²) in [6.07, 6.45) is -0.240. The van der Waals surface area contributed by atoms with Crippen molar-refractivity contribution in [2.75, 3.05) is 0 Å². The fraction of sp³-hybridized carbons (Fsp3) is 0.400. The molecule has 19 heavy (non-hydrogen) atoms. The maximum absolute atomic E-state index is 12.1. The summed E-state index contributed by atoms with van der Waals surface area (Å²) in [5, 5.41) is 0. The number of carbonyl (C=O) groups is 3. The van der Waals surface area contributed by atoms with Gasteiger partial charge < -0.3 is 4.74 Å². The zero-order valence-corrected chi connectivity index (χ0v) is 11.0. The van der Waals surface area contributed by atoms with Crippen LogP contribution in [0.3, 0.4) is 0 Å². The van der Waals surface area contributed by atoms with E-state index in [1.807, 2.05) is 6.07 Å². The lowest BCUT2D eigenvalue weighted by molar-refractivity contribution is -0.146. The van der Waals surface area contributed by atoms with Gasteiger partial charge in [-0.15, -0.1) is 0 Å². The molecule has 3 unspecified atom stereocenters. The normalized spacial score (nSPS) is 26.0. The summed E-state index contributed by atoms with van der Waals surface area (Å²) >= 11 is 0. The van der Waals surface area contributed by atoms with Crippen LogP contribution in [0.2, 0.25) is 0 Å². The van der Waals surface area contributed by atoms with Gasteiger partial charge in [-0.25, -0.2) is 0 Å². The SMILES string of the molecule is CC(=O)C1C(=O)OC(C)C1CC(=O)c1ccccc1. The van der Waals surface area contributed by atoms with Crippen molar-refractivity contribution in [2.24, 2.45) is 11.8 Å². The van der Waals surface area contributed by atoms with Crippen molar-refractivity contribution in [3.8, 4) is 0 Å². The van der Waals surface area contributed by atoms with Crippen molar-refractivity contribution < 1.29 is 19.1 Å². The Bertz CT molecular complexity index is 506. The summed E-state index contributed by atoms with van der Waals surface area (Å²) in [5.74, 6) is -1.98. The lowest BCUT2D eigenvalue weighted by atomic mass is 9.83. The Balaban J connectivity index is 2.15. The number of Topliss-reactive ketones (excluding diaryl/α,β-unsaturated/α-hetero) is 2. The second-order valence-electron chi connectivity index (χ2n) is 4.89. The molecule has 0 aromatic heterocycles. The molecule has 0 spiro atoms. The first kappa shape index (κ1) is 13.5. The molecule has 100 valence electrons. The van der Waals surface area contributed by atoms with Crippen molar-refractivity contribution in [1.29, 1.82) is 0 Å². The Morgan fingerprint density at radius 2 is 1.84 bits per heavy atom. The van der Waals surface area contributed by atoms with E-state index in [2.05, 4.69) is 0 Å². The van der Waals surface area contributed by atoms with E-state index in [0.29, 0.717) is 5.56 Å². The molecular weight excluding hydrogens is 244 g/mol. The molecule has 2 rings (SSSR count). The molecule has 1 saturated heterocycles. The highest BCUT2D eigenvalue weighted by atomic mass is 16.6. The molecule has 1 aliphatic rings. The molecule has 0 saturated carbocycles. The minimum atomic E-state index is -0.803. The number of hydrogen-bond donors (Lipinski definition) is 0. The monoisotopic (exact) mass is 260 g/mol. The van der Waals surface area contributed by atoms with Gasteiger partial charge in [-0.2, -0.15) is 0 Å². The van der Waals surface area contributed by atoms with Gasteiger partial charge in [0.05, 0.1) is 0 Å². The van der Waals surface area contributed by atoms with Gasteiger partial charge in [0.15, 0.2) is 5.78 Å². The maximum Gasteiger partial charge on any atom is 0.317 e. The Labute approximate surface area is 111 Å². The molecule has 1 fully saturated rings. The van der Waals surface area contributed by atoms with E-state index < -0.39 is 18.0 Å². The predicted molar refractivity (Wildman–Crippen MR) is 68.6 cm³/mol. The van der Waals surface area contributed by atoms with Crippen molar-refractivity contribution in [2.45, 2.75) is 26.4 Å². The number of ketones is 2. The fourth-order valence-electron chi connectivity index (χ4n) is 2.50. The van der Waals surface area contributed by atoms with E-state index in [9.17, 15) is 14.4 Å². The second-order valence-corrected chi connectivity index (χ2v) is 4.89. The average Bonchev–Trinajstić information content (AvgIpc) is 2.65. The van der Waals surface area contributed by atoms with Gasteiger partial charge in [0, 0.05) is 17.9 Å². The molecule has 0 radical (unpaired) electrons. The number of rotatable bonds is 4. The molecule has 1 aromatic rings. The zero-order valence-electron chi connectivity index (χ0n) is 11.0. The third-order valence-electron chi connectivity index (χ3n) is 3.54. The van der Waals surface area contributed by atoms with Crippen molar-refractivity contribution in [1.82, 2.24) is 0 Å². The van der Waals surface area contributed by atoms with Crippen molar-refractivity contribution >= 4 is 17.5 Å². The summed E-state index contributed by atoms with van der Waals surface area (Å²) < 4.78 is 5.07. The van der Waals surface area contributed by atoms with Crippen LogP contribution in [0.15, 0.2) is 30.3 Å². The van der Waals surface area contributed by atoms with E-state index in [4.69, 9.17) is 4.74 Å². The summed E-state index contributed by atoms with van der Waals surface area (Å²) in [5.41, 5.74) is 0.594. The van der Waals surface area contributed by atoms with Gasteiger partial charge in [-0.1, -0.05) is 30.3 Å². The van der Waals surface area contributed by atoms with Gasteiger partial charge in [0.25, 0.3) is 0 Å². The highest BCUT2D eigenvalue weighted by Crippen LogP contribution is 2.32. The largest absolute Gasteiger partial charge is 0.462 e. The standard InChI is InChI=1S/C15H16O4/c1-9(16)14-12(10(2)19-15(14)18)8-13(17)11-6-4-3-5-7-11/h3-7,10,12,14H,8H2,1-2H3. The van der Waals surface area contributed by atoms with E-state index in [1.54, 1.807) is 31.2 Å². The molecular formula is C15H16O4. The van der Waals surface area contributed by atoms with Crippen LogP contribution in [0.4, 0.5) is 0 Å². The number of ether oxygens (including phenoxy) is 1. The molecule has 4 nitrogen and oxygen atoms in total. The predicted octanol–water partition coefficient (Wildman–Crippen LogP) is 2.03. The van der Waals surface area contributed by atoms with Crippen LogP contribution in [0.1, 0.15) is 30.6 Å². The zero-order chi connectivity index (χ0) is 14.0. The Morgan fingerprint density at radius 1 is 1.21 bits per heavy atom. The highest BCUT2D eigenvalue weighted by Gasteiger charge is 2.45. The van der Waals surface area contributed by atoms with Gasteiger partial charge in [-0.3, -0.25) is 14.4 Å². The van der Waals surface area contributed by atoms with E-state index in [-0.39, 0.29) is 23.9 Å². The van der Waals surface area contributed by atoms with Gasteiger partial charge in [-0.05, 0) is 13.8 Å². The fourth-order valence-corrected chi connectivity index (χ4v) is 2.50. The van der Waals surface area contributed by atoms with Crippen molar-refractivity contribution in [3.05, 3.63) is 35.9 Å². The van der Waals surface area contributed by atoms with E-state index in [0.717, 1.165) is 0 Å². The number of esters is 1. The number of cyclic esters (lactones) is 1. The molecule has 1 aliphatic heterocycles. The van der Waals surface area contributed by atoms with Crippen LogP contribution in [-0.4, -0.2) is 23.6 Å². The smallest absolute Gasteiger partial charge is 0.317 e. The van der Waals surface area contributed by atoms with E-state index in [1.165, 1.54) is 6.92 Å². The topological polar surface area (TPSA) is 60.4 Å². The summed E-state index contributed by atoms with van der Waals surface area (Å²) in [4.78, 5) is 35.3. The van der Waals surface area contributed by atoms with Crippen LogP contribution in [-0.2, 0) is 14.3 Å². The van der Waals surface area contributed by atoms with Crippen LogP contribution in [0.5, 0.6) is 0 Å². The maximum atomic E-state index is 12.1. The summed E-state index contributed by atoms with van der Waals surface area (Å²) in [7, 11) is 0. The third kappa shape index (κ3) is 2.72. The Hall–Kier alpha value is -1.97. The Kier molecular flexibility index (Phi) is 3.79. The lowest BCUT2D eigenvalue weighted by Crippen LogP contribution is -2.27. The molecule has 0 aliphatic carbocycles. The molecule has 0 bridgehead atoms. The summed E-state index contributed by atoms with van der Waals surface area (Å²) in [6.45, 7) is 3.09. The molecule has 3 atom stereocenters. The molecule has 0 amide bonds. The van der Waals surface area contributed by atoms with Crippen molar-refractivity contribution in [3.63, 3.8) is 0 Å². The summed E-state index contributed by atoms with van der Waals surface area (Å²) in [6, 6.07) is 8.87. The minimum absolute atomic E-state index is 0.0676. The van der Waals surface area contributed by atoms with Gasteiger partial charge in [0.1, 0.15) is 17.8 Å². The van der Waals surface area contributed by atoms with Crippen LogP contribution >= 0.6 is 0 Å². The molecule has 1 aromatic carbocycles. The van der Waals surface area contributed by atoms with Crippen LogP contribution < -0.4 is 0 Å². The molecule has 0 N–H and O–H groups in total. The number of benzene rings is 1. The average molecular weight is 260 g/mol. The first-order valence-corrected chi connectivity index (χ1v) is 6.30. The minimum Gasteiger partial charge on any atom is -0.462 e.